The van der Waals surface area contributed by atoms with E-state index in [-0.39, 0.29) is 19.1 Å². The van der Waals surface area contributed by atoms with Gasteiger partial charge in [-0.2, -0.15) is 0 Å². The van der Waals surface area contributed by atoms with E-state index < -0.39 is 20.0 Å². The van der Waals surface area contributed by atoms with Crippen molar-refractivity contribution in [3.63, 3.8) is 0 Å². The Morgan fingerprint density at radius 3 is 1.08 bits per heavy atom. The number of quaternary nitrogens is 1. The van der Waals surface area contributed by atoms with E-state index in [2.05, 4.69) is 19.2 Å². The van der Waals surface area contributed by atoms with Crippen LogP contribution in [0.3, 0.4) is 0 Å². The number of unbranched alkanes of at least 4 members (excludes halogenated alkanes) is 39. The Morgan fingerprint density at radius 1 is 0.492 bits per heavy atom. The minimum atomic E-state index is -4.57. The Labute approximate surface area is 393 Å². The number of carbonyl (C=O) groups is 1. The zero-order valence-corrected chi connectivity index (χ0v) is 44.0. The average Bonchev–Trinajstić information content (AvgIpc) is 3.24. The van der Waals surface area contributed by atoms with Crippen molar-refractivity contribution in [3.8, 4) is 0 Å². The monoisotopic (exact) mass is 915 g/mol. The second-order valence-corrected chi connectivity index (χ2v) is 22.1. The van der Waals surface area contributed by atoms with Crippen LogP contribution in [0.1, 0.15) is 290 Å². The third kappa shape index (κ3) is 49.2. The third-order valence-electron chi connectivity index (χ3n) is 13.1. The fraction of sp³-hybridized carbons (Fsp3) is 0.981. The van der Waals surface area contributed by atoms with E-state index in [1.54, 1.807) is 0 Å². The normalized spacial score (nSPS) is 14.0. The summed E-state index contributed by atoms with van der Waals surface area (Å²) >= 11 is 0. The standard InChI is InChI=1S/C54H111N2O6P/c1-6-8-10-12-14-16-18-20-22-24-26-27-28-30-31-33-35-37-39-41-43-45-47-53(57)52(51-62-63(59,60)61-50-49-56(3,4)5)55-54(58)48-46-44-42-40-38-36-34-32-29-25-23-21-19-17-15-13-11-9-7-2/h52-53,57H,6-51H2,1-5H3,(H-,55,58,59,60). The molecule has 0 aromatic carbocycles. The molecule has 0 rings (SSSR count). The van der Waals surface area contributed by atoms with Crippen LogP contribution >= 0.6 is 7.82 Å². The highest BCUT2D eigenvalue weighted by Gasteiger charge is 2.24. The summed E-state index contributed by atoms with van der Waals surface area (Å²) in [6.07, 6.45) is 54.1. The van der Waals surface area contributed by atoms with Gasteiger partial charge in [0.15, 0.2) is 0 Å². The number of likely N-dealkylation sites (N-methyl/N-ethyl adjacent to an activating group) is 1. The lowest BCUT2D eigenvalue weighted by Crippen LogP contribution is -2.46. The highest BCUT2D eigenvalue weighted by Crippen LogP contribution is 2.38. The van der Waals surface area contributed by atoms with Crippen molar-refractivity contribution in [1.82, 2.24) is 5.32 Å². The van der Waals surface area contributed by atoms with Gasteiger partial charge in [-0.3, -0.25) is 9.36 Å². The molecule has 3 atom stereocenters. The molecule has 0 aliphatic carbocycles. The first-order valence-corrected chi connectivity index (χ1v) is 29.3. The number of hydrogen-bond acceptors (Lipinski definition) is 6. The van der Waals surface area contributed by atoms with Crippen LogP contribution in [0.2, 0.25) is 0 Å². The molecule has 0 spiro atoms. The number of nitrogens with zero attached hydrogens (tertiary/aromatic N) is 1. The minimum Gasteiger partial charge on any atom is -0.756 e. The number of aliphatic hydroxyl groups is 1. The van der Waals surface area contributed by atoms with Gasteiger partial charge in [-0.05, 0) is 12.8 Å². The van der Waals surface area contributed by atoms with Gasteiger partial charge in [0.1, 0.15) is 13.2 Å². The molecule has 63 heavy (non-hydrogen) atoms. The van der Waals surface area contributed by atoms with Gasteiger partial charge in [-0.25, -0.2) is 0 Å². The van der Waals surface area contributed by atoms with Crippen molar-refractivity contribution in [2.75, 3.05) is 40.9 Å². The molecule has 0 aliphatic heterocycles. The average molecular weight is 915 g/mol. The largest absolute Gasteiger partial charge is 0.756 e. The van der Waals surface area contributed by atoms with Crippen molar-refractivity contribution in [1.29, 1.82) is 0 Å². The van der Waals surface area contributed by atoms with Crippen molar-refractivity contribution in [2.24, 2.45) is 0 Å². The van der Waals surface area contributed by atoms with Gasteiger partial charge >= 0.3 is 0 Å². The molecular formula is C54H111N2O6P. The van der Waals surface area contributed by atoms with Gasteiger partial charge in [0.2, 0.25) is 5.91 Å². The Kier molecular flexibility index (Phi) is 46.2. The Balaban J connectivity index is 4.16. The van der Waals surface area contributed by atoms with E-state index in [1.807, 2.05) is 21.1 Å². The van der Waals surface area contributed by atoms with Gasteiger partial charge in [-0.15, -0.1) is 0 Å². The van der Waals surface area contributed by atoms with Crippen molar-refractivity contribution >= 4 is 13.7 Å². The number of phosphoric acid groups is 1. The van der Waals surface area contributed by atoms with Crippen LogP contribution < -0.4 is 10.2 Å². The van der Waals surface area contributed by atoms with E-state index in [0.717, 1.165) is 38.5 Å². The van der Waals surface area contributed by atoms with Crippen LogP contribution in [0.25, 0.3) is 0 Å². The molecule has 0 saturated carbocycles. The second-order valence-electron chi connectivity index (χ2n) is 20.7. The summed E-state index contributed by atoms with van der Waals surface area (Å²) in [5.74, 6) is -0.157. The number of nitrogens with one attached hydrogen (secondary N) is 1. The van der Waals surface area contributed by atoms with Crippen LogP contribution in [0.4, 0.5) is 0 Å². The lowest BCUT2D eigenvalue weighted by atomic mass is 10.0. The molecule has 0 aromatic heterocycles. The lowest BCUT2D eigenvalue weighted by Gasteiger charge is -2.30. The van der Waals surface area contributed by atoms with E-state index in [1.165, 1.54) is 225 Å². The fourth-order valence-corrected chi connectivity index (χ4v) is 9.41. The molecule has 2 N–H and O–H groups in total. The number of carbonyl (C=O) groups excluding carboxylic acids is 1. The number of aliphatic hydroxyl groups excluding tert-OH is 1. The van der Waals surface area contributed by atoms with Gasteiger partial charge in [-0.1, -0.05) is 271 Å². The molecular weight excluding hydrogens is 804 g/mol. The topological polar surface area (TPSA) is 108 Å². The van der Waals surface area contributed by atoms with E-state index in [9.17, 15) is 19.4 Å². The maximum Gasteiger partial charge on any atom is 0.268 e. The molecule has 0 saturated heterocycles. The number of phosphoric ester groups is 1. The molecule has 0 bridgehead atoms. The van der Waals surface area contributed by atoms with Crippen molar-refractivity contribution in [3.05, 3.63) is 0 Å². The first kappa shape index (κ1) is 62.5. The smallest absolute Gasteiger partial charge is 0.268 e. The summed E-state index contributed by atoms with van der Waals surface area (Å²) in [5, 5.41) is 14.0. The van der Waals surface area contributed by atoms with Gasteiger partial charge in [0.25, 0.3) is 7.82 Å². The predicted molar refractivity (Wildman–Crippen MR) is 270 cm³/mol. The zero-order valence-electron chi connectivity index (χ0n) is 43.1. The molecule has 1 amide bonds. The SMILES string of the molecule is CCCCCCCCCCCCCCCCCCCCCCCCC(O)C(COP(=O)([O-])OCC[N+](C)(C)C)NC(=O)CCCCCCCCCCCCCCCCCCCCC. The Hall–Kier alpha value is -0.500. The highest BCUT2D eigenvalue weighted by atomic mass is 31.2. The summed E-state index contributed by atoms with van der Waals surface area (Å²) in [7, 11) is 1.32. The molecule has 3 unspecified atom stereocenters. The summed E-state index contributed by atoms with van der Waals surface area (Å²) in [6.45, 7) is 4.78. The van der Waals surface area contributed by atoms with Crippen LogP contribution in [-0.4, -0.2) is 68.5 Å². The fourth-order valence-electron chi connectivity index (χ4n) is 8.69. The quantitative estimate of drug-likeness (QED) is 0.0357. The van der Waals surface area contributed by atoms with Crippen molar-refractivity contribution < 1.29 is 32.9 Å². The molecule has 378 valence electrons. The minimum absolute atomic E-state index is 0.0166. The highest BCUT2D eigenvalue weighted by molar-refractivity contribution is 7.45. The predicted octanol–water partition coefficient (Wildman–Crippen LogP) is 15.9. The van der Waals surface area contributed by atoms with Gasteiger partial charge in [0.05, 0.1) is 39.9 Å². The van der Waals surface area contributed by atoms with Crippen LogP contribution in [-0.2, 0) is 18.4 Å². The molecule has 0 aromatic rings. The third-order valence-corrected chi connectivity index (χ3v) is 14.1. The number of rotatable bonds is 52. The number of hydrogen-bond donors (Lipinski definition) is 2. The Bertz CT molecular complexity index is 994. The zero-order chi connectivity index (χ0) is 46.4. The first-order chi connectivity index (χ1) is 30.5. The second kappa shape index (κ2) is 46.6. The lowest BCUT2D eigenvalue weighted by molar-refractivity contribution is -0.870. The maximum absolute atomic E-state index is 13.0. The number of amides is 1. The van der Waals surface area contributed by atoms with E-state index in [0.29, 0.717) is 23.9 Å². The van der Waals surface area contributed by atoms with Crippen molar-refractivity contribution in [2.45, 2.75) is 302 Å². The summed E-state index contributed by atoms with van der Waals surface area (Å²) in [6, 6.07) is -0.794. The van der Waals surface area contributed by atoms with Gasteiger partial charge in [0, 0.05) is 6.42 Å². The first-order valence-electron chi connectivity index (χ1n) is 27.9. The van der Waals surface area contributed by atoms with Crippen LogP contribution in [0.15, 0.2) is 0 Å². The maximum atomic E-state index is 13.0. The molecule has 0 aliphatic rings. The van der Waals surface area contributed by atoms with E-state index in [4.69, 9.17) is 9.05 Å². The molecule has 0 heterocycles. The van der Waals surface area contributed by atoms with Crippen LogP contribution in [0, 0.1) is 0 Å². The molecule has 9 heteroatoms. The summed E-state index contributed by atoms with van der Waals surface area (Å²) in [4.78, 5) is 25.5. The summed E-state index contributed by atoms with van der Waals surface area (Å²) in [5.41, 5.74) is 0. The summed E-state index contributed by atoms with van der Waals surface area (Å²) < 4.78 is 23.4. The van der Waals surface area contributed by atoms with Crippen LogP contribution in [0.5, 0.6) is 0 Å². The van der Waals surface area contributed by atoms with E-state index >= 15 is 0 Å². The molecule has 0 radical (unpaired) electrons. The van der Waals surface area contributed by atoms with Gasteiger partial charge < -0.3 is 28.8 Å². The molecule has 8 nitrogen and oxygen atoms in total. The molecule has 0 fully saturated rings. The Morgan fingerprint density at radius 2 is 0.778 bits per heavy atom.